The number of hydrogen-bond acceptors (Lipinski definition) is 2. The Morgan fingerprint density at radius 2 is 2.31 bits per heavy atom. The molecule has 0 aliphatic heterocycles. The zero-order chi connectivity index (χ0) is 9.84. The van der Waals surface area contributed by atoms with E-state index < -0.39 is 17.3 Å². The molecule has 0 aliphatic carbocycles. The van der Waals surface area contributed by atoms with E-state index in [0.29, 0.717) is 0 Å². The Balaban J connectivity index is 3.42. The number of nitrogens with zero attached hydrogens (tertiary/aromatic N) is 3. The number of aromatic carboxylic acids is 1. The molecule has 0 amide bonds. The summed E-state index contributed by atoms with van der Waals surface area (Å²) >= 11 is 0. The molecule has 0 bridgehead atoms. The van der Waals surface area contributed by atoms with Gasteiger partial charge < -0.3 is 5.11 Å². The number of carbonyl (C=O) groups is 1. The minimum absolute atomic E-state index is 0.227. The lowest BCUT2D eigenvalue weighted by molar-refractivity contribution is 0.0693. The van der Waals surface area contributed by atoms with Crippen LogP contribution in [0, 0.1) is 5.82 Å². The van der Waals surface area contributed by atoms with Crippen molar-refractivity contribution in [3.63, 3.8) is 0 Å². The lowest BCUT2D eigenvalue weighted by Gasteiger charge is -1.99. The molecule has 1 rings (SSSR count). The third-order valence-electron chi connectivity index (χ3n) is 1.36. The van der Waals surface area contributed by atoms with Crippen molar-refractivity contribution >= 4 is 11.7 Å². The van der Waals surface area contributed by atoms with Crippen LogP contribution in [-0.4, -0.2) is 11.1 Å². The molecule has 1 N–H and O–H groups in total. The Morgan fingerprint density at radius 1 is 1.62 bits per heavy atom. The third-order valence-corrected chi connectivity index (χ3v) is 1.36. The predicted octanol–water partition coefficient (Wildman–Crippen LogP) is 2.47. The zero-order valence-electron chi connectivity index (χ0n) is 6.31. The highest BCUT2D eigenvalue weighted by molar-refractivity contribution is 5.93. The van der Waals surface area contributed by atoms with E-state index in [0.717, 1.165) is 6.07 Å². The molecular weight excluding hydrogens is 177 g/mol. The van der Waals surface area contributed by atoms with Crippen LogP contribution in [0.1, 0.15) is 10.4 Å². The van der Waals surface area contributed by atoms with Gasteiger partial charge in [-0.25, -0.2) is 9.18 Å². The van der Waals surface area contributed by atoms with Crippen molar-refractivity contribution < 1.29 is 14.3 Å². The Morgan fingerprint density at radius 3 is 2.85 bits per heavy atom. The van der Waals surface area contributed by atoms with Gasteiger partial charge in [-0.1, -0.05) is 17.2 Å². The monoisotopic (exact) mass is 181 g/mol. The lowest BCUT2D eigenvalue weighted by atomic mass is 10.2. The fraction of sp³-hybridized carbons (Fsp3) is 0. The van der Waals surface area contributed by atoms with Crippen molar-refractivity contribution in [1.29, 1.82) is 0 Å². The molecule has 0 aliphatic rings. The second kappa shape index (κ2) is 3.55. The van der Waals surface area contributed by atoms with Crippen molar-refractivity contribution in [1.82, 2.24) is 0 Å². The first kappa shape index (κ1) is 9.02. The number of rotatable bonds is 2. The maximum Gasteiger partial charge on any atom is 0.339 e. The second-order valence-electron chi connectivity index (χ2n) is 2.13. The fourth-order valence-corrected chi connectivity index (χ4v) is 0.856. The van der Waals surface area contributed by atoms with E-state index in [1.54, 1.807) is 0 Å². The standard InChI is InChI=1S/C7H4FN3O2/c8-4-2-1-3-5(10-11-9)6(4)7(12)13/h1-3H,(H,12,13). The number of azide groups is 1. The molecule has 0 spiro atoms. The number of hydrogen-bond donors (Lipinski definition) is 1. The van der Waals surface area contributed by atoms with Gasteiger partial charge in [-0.2, -0.15) is 0 Å². The Hall–Kier alpha value is -2.07. The van der Waals surface area contributed by atoms with Crippen molar-refractivity contribution in [2.75, 3.05) is 0 Å². The number of carboxylic acids is 1. The molecule has 1 aromatic carbocycles. The molecule has 0 fully saturated rings. The van der Waals surface area contributed by atoms with E-state index in [4.69, 9.17) is 10.6 Å². The maximum absolute atomic E-state index is 12.9. The average Bonchev–Trinajstić information content (AvgIpc) is 2.04. The van der Waals surface area contributed by atoms with Crippen molar-refractivity contribution in [2.45, 2.75) is 0 Å². The van der Waals surface area contributed by atoms with Crippen LogP contribution in [-0.2, 0) is 0 Å². The van der Waals surface area contributed by atoms with Crippen LogP contribution >= 0.6 is 0 Å². The van der Waals surface area contributed by atoms with Crippen LogP contribution in [0.15, 0.2) is 23.3 Å². The molecule has 13 heavy (non-hydrogen) atoms. The van der Waals surface area contributed by atoms with Gasteiger partial charge in [0.15, 0.2) is 0 Å². The molecule has 0 unspecified atom stereocenters. The first-order valence-electron chi connectivity index (χ1n) is 3.23. The summed E-state index contributed by atoms with van der Waals surface area (Å²) in [6.45, 7) is 0. The SMILES string of the molecule is [N-]=[N+]=Nc1cccc(F)c1C(=O)O. The van der Waals surface area contributed by atoms with Gasteiger partial charge in [0.05, 0.1) is 5.69 Å². The average molecular weight is 181 g/mol. The van der Waals surface area contributed by atoms with Crippen LogP contribution in [0.3, 0.4) is 0 Å². The molecule has 0 saturated carbocycles. The minimum Gasteiger partial charge on any atom is -0.478 e. The van der Waals surface area contributed by atoms with E-state index in [9.17, 15) is 9.18 Å². The Kier molecular flexibility index (Phi) is 2.47. The van der Waals surface area contributed by atoms with Crippen molar-refractivity contribution in [3.05, 3.63) is 40.0 Å². The topological polar surface area (TPSA) is 86.1 Å². The van der Waals surface area contributed by atoms with Gasteiger partial charge in [-0.05, 0) is 11.6 Å². The van der Waals surface area contributed by atoms with Crippen molar-refractivity contribution in [2.24, 2.45) is 5.11 Å². The van der Waals surface area contributed by atoms with E-state index in [-0.39, 0.29) is 5.69 Å². The van der Waals surface area contributed by atoms with Crippen molar-refractivity contribution in [3.8, 4) is 0 Å². The van der Waals surface area contributed by atoms with Crippen LogP contribution < -0.4 is 0 Å². The smallest absolute Gasteiger partial charge is 0.339 e. The highest BCUT2D eigenvalue weighted by atomic mass is 19.1. The fourth-order valence-electron chi connectivity index (χ4n) is 0.856. The summed E-state index contributed by atoms with van der Waals surface area (Å²) in [6.07, 6.45) is 0. The molecule has 0 heterocycles. The first-order valence-corrected chi connectivity index (χ1v) is 3.23. The summed E-state index contributed by atoms with van der Waals surface area (Å²) in [7, 11) is 0. The highest BCUT2D eigenvalue weighted by Gasteiger charge is 2.13. The van der Waals surface area contributed by atoms with Gasteiger partial charge in [0.1, 0.15) is 11.4 Å². The predicted molar refractivity (Wildman–Crippen MR) is 42.2 cm³/mol. The normalized spacial score (nSPS) is 9.00. The third kappa shape index (κ3) is 1.74. The Labute approximate surface area is 72.1 Å². The first-order chi connectivity index (χ1) is 6.16. The highest BCUT2D eigenvalue weighted by Crippen LogP contribution is 2.21. The number of halogens is 1. The van der Waals surface area contributed by atoms with E-state index in [2.05, 4.69) is 10.0 Å². The molecule has 1 aromatic rings. The second-order valence-corrected chi connectivity index (χ2v) is 2.13. The largest absolute Gasteiger partial charge is 0.478 e. The summed E-state index contributed by atoms with van der Waals surface area (Å²) in [5, 5.41) is 11.6. The number of benzene rings is 1. The summed E-state index contributed by atoms with van der Waals surface area (Å²) < 4.78 is 12.9. The molecule has 6 heteroatoms. The maximum atomic E-state index is 12.9. The molecule has 0 atom stereocenters. The lowest BCUT2D eigenvalue weighted by Crippen LogP contribution is -2.00. The van der Waals surface area contributed by atoms with E-state index in [1.165, 1.54) is 12.1 Å². The summed E-state index contributed by atoms with van der Waals surface area (Å²) in [4.78, 5) is 12.9. The van der Waals surface area contributed by atoms with Gasteiger partial charge in [-0.15, -0.1) is 0 Å². The molecule has 0 aromatic heterocycles. The van der Waals surface area contributed by atoms with Crippen LogP contribution in [0.5, 0.6) is 0 Å². The Bertz CT molecular complexity index is 399. The van der Waals surface area contributed by atoms with E-state index in [1.807, 2.05) is 0 Å². The van der Waals surface area contributed by atoms with Gasteiger partial charge >= 0.3 is 5.97 Å². The molecule has 0 radical (unpaired) electrons. The van der Waals surface area contributed by atoms with Crippen LogP contribution in [0.25, 0.3) is 10.4 Å². The van der Waals surface area contributed by atoms with E-state index >= 15 is 0 Å². The molecular formula is C7H4FN3O2. The van der Waals surface area contributed by atoms with Gasteiger partial charge in [0.25, 0.3) is 0 Å². The minimum atomic E-state index is -1.46. The van der Waals surface area contributed by atoms with Gasteiger partial charge in [-0.3, -0.25) is 0 Å². The quantitative estimate of drug-likeness (QED) is 0.431. The zero-order valence-corrected chi connectivity index (χ0v) is 6.31. The van der Waals surface area contributed by atoms with Crippen LogP contribution in [0.4, 0.5) is 10.1 Å². The molecule has 0 saturated heterocycles. The van der Waals surface area contributed by atoms with Gasteiger partial charge in [0.2, 0.25) is 0 Å². The summed E-state index contributed by atoms with van der Waals surface area (Å²) in [5.74, 6) is -2.38. The number of carboxylic acid groups (broad SMARTS) is 1. The van der Waals surface area contributed by atoms with Crippen LogP contribution in [0.2, 0.25) is 0 Å². The molecule has 66 valence electrons. The van der Waals surface area contributed by atoms with Gasteiger partial charge in [0, 0.05) is 4.91 Å². The summed E-state index contributed by atoms with van der Waals surface area (Å²) in [5.41, 5.74) is 7.22. The summed E-state index contributed by atoms with van der Waals surface area (Å²) in [6, 6.07) is 3.48. The molecule has 5 nitrogen and oxygen atoms in total.